The van der Waals surface area contributed by atoms with E-state index in [2.05, 4.69) is 25.7 Å². The van der Waals surface area contributed by atoms with E-state index in [9.17, 15) is 0 Å². The highest BCUT2D eigenvalue weighted by atomic mass is 15.2. The van der Waals surface area contributed by atoms with Crippen LogP contribution in [0.4, 0.5) is 0 Å². The molecule has 0 N–H and O–H groups in total. The van der Waals surface area contributed by atoms with E-state index in [4.69, 9.17) is 0 Å². The van der Waals surface area contributed by atoms with Crippen LogP contribution in [0.5, 0.6) is 0 Å². The zero-order chi connectivity index (χ0) is 11.6. The number of piperidine rings is 1. The van der Waals surface area contributed by atoms with Crippen LogP contribution in [0.3, 0.4) is 0 Å². The Labute approximate surface area is 102 Å². The van der Waals surface area contributed by atoms with Gasteiger partial charge in [0.2, 0.25) is 0 Å². The highest BCUT2D eigenvalue weighted by Gasteiger charge is 2.53. The van der Waals surface area contributed by atoms with Gasteiger partial charge in [0.1, 0.15) is 0 Å². The second-order valence-corrected chi connectivity index (χ2v) is 6.39. The summed E-state index contributed by atoms with van der Waals surface area (Å²) in [5, 5.41) is 0. The third kappa shape index (κ3) is 2.61. The number of nitrogens with zero attached hydrogens (tertiary/aromatic N) is 1. The van der Waals surface area contributed by atoms with Gasteiger partial charge in [-0.25, -0.2) is 0 Å². The molecule has 0 amide bonds. The van der Waals surface area contributed by atoms with Gasteiger partial charge < -0.3 is 4.90 Å². The molecule has 2 aliphatic rings. The molecule has 0 aromatic carbocycles. The highest BCUT2D eigenvalue weighted by molar-refractivity contribution is 5.04. The minimum atomic E-state index is 0.759. The fraction of sp³-hybridized carbons (Fsp3) is 1.00. The van der Waals surface area contributed by atoms with Crippen molar-refractivity contribution in [3.63, 3.8) is 0 Å². The molecule has 1 heterocycles. The molecule has 1 nitrogen and oxygen atoms in total. The van der Waals surface area contributed by atoms with Crippen molar-refractivity contribution in [3.05, 3.63) is 0 Å². The van der Waals surface area contributed by atoms with Crippen molar-refractivity contribution < 1.29 is 0 Å². The summed E-state index contributed by atoms with van der Waals surface area (Å²) in [5.74, 6) is 1.10. The van der Waals surface area contributed by atoms with E-state index in [1.54, 1.807) is 6.42 Å². The summed E-state index contributed by atoms with van der Waals surface area (Å²) < 4.78 is 0. The smallest absolute Gasteiger partial charge is 0.00385 e. The van der Waals surface area contributed by atoms with Gasteiger partial charge in [0, 0.05) is 6.04 Å². The van der Waals surface area contributed by atoms with Crippen LogP contribution in [-0.4, -0.2) is 24.0 Å². The SMILES string of the molecule is CCCCCC1CC12CCN(C(C)C)CC2. The maximum absolute atomic E-state index is 2.66. The third-order valence-corrected chi connectivity index (χ3v) is 5.04. The largest absolute Gasteiger partial charge is 0.301 e. The summed E-state index contributed by atoms with van der Waals surface area (Å²) in [7, 11) is 0. The maximum atomic E-state index is 2.66. The fourth-order valence-corrected chi connectivity index (χ4v) is 3.58. The van der Waals surface area contributed by atoms with Crippen molar-refractivity contribution >= 4 is 0 Å². The van der Waals surface area contributed by atoms with Crippen LogP contribution in [0.1, 0.15) is 65.7 Å². The van der Waals surface area contributed by atoms with Gasteiger partial charge in [-0.05, 0) is 64.0 Å². The summed E-state index contributed by atoms with van der Waals surface area (Å²) >= 11 is 0. The molecule has 1 unspecified atom stereocenters. The predicted octanol–water partition coefficient (Wildman–Crippen LogP) is 4.08. The van der Waals surface area contributed by atoms with Crippen molar-refractivity contribution in [1.82, 2.24) is 4.90 Å². The van der Waals surface area contributed by atoms with E-state index in [0.29, 0.717) is 0 Å². The molecule has 1 spiro atoms. The molecule has 1 heteroatoms. The Kier molecular flexibility index (Phi) is 3.94. The van der Waals surface area contributed by atoms with Gasteiger partial charge in [-0.15, -0.1) is 0 Å². The molecule has 0 radical (unpaired) electrons. The summed E-state index contributed by atoms with van der Waals surface area (Å²) in [6.07, 6.45) is 10.4. The number of hydrogen-bond acceptors (Lipinski definition) is 1. The fourth-order valence-electron chi connectivity index (χ4n) is 3.58. The Morgan fingerprint density at radius 1 is 1.19 bits per heavy atom. The minimum absolute atomic E-state index is 0.759. The summed E-state index contributed by atoms with van der Waals surface area (Å²) in [6.45, 7) is 9.71. The van der Waals surface area contributed by atoms with Crippen molar-refractivity contribution in [2.24, 2.45) is 11.3 Å². The van der Waals surface area contributed by atoms with Crippen molar-refractivity contribution in [2.75, 3.05) is 13.1 Å². The van der Waals surface area contributed by atoms with Crippen LogP contribution < -0.4 is 0 Å². The Morgan fingerprint density at radius 2 is 1.88 bits per heavy atom. The average Bonchev–Trinajstić information content (AvgIpc) is 2.92. The second-order valence-electron chi connectivity index (χ2n) is 6.39. The van der Waals surface area contributed by atoms with Gasteiger partial charge >= 0.3 is 0 Å². The topological polar surface area (TPSA) is 3.24 Å². The van der Waals surface area contributed by atoms with Gasteiger partial charge in [-0.3, -0.25) is 0 Å². The molecule has 1 aliphatic heterocycles. The number of unbranched alkanes of at least 4 members (excludes halogenated alkanes) is 2. The van der Waals surface area contributed by atoms with Crippen molar-refractivity contribution in [3.8, 4) is 0 Å². The summed E-state index contributed by atoms with van der Waals surface area (Å²) in [4.78, 5) is 2.66. The minimum Gasteiger partial charge on any atom is -0.301 e. The van der Waals surface area contributed by atoms with E-state index in [-0.39, 0.29) is 0 Å². The quantitative estimate of drug-likeness (QED) is 0.635. The van der Waals surface area contributed by atoms with Gasteiger partial charge in [0.15, 0.2) is 0 Å². The van der Waals surface area contributed by atoms with Crippen LogP contribution in [-0.2, 0) is 0 Å². The first kappa shape index (κ1) is 12.4. The molecule has 1 saturated heterocycles. The van der Waals surface area contributed by atoms with Gasteiger partial charge in [0.25, 0.3) is 0 Å². The Hall–Kier alpha value is -0.0400. The molecule has 2 rings (SSSR count). The van der Waals surface area contributed by atoms with Crippen molar-refractivity contribution in [2.45, 2.75) is 71.8 Å². The molecule has 0 aromatic heterocycles. The van der Waals surface area contributed by atoms with E-state index in [1.807, 2.05) is 0 Å². The lowest BCUT2D eigenvalue weighted by Crippen LogP contribution is -2.39. The molecule has 1 aliphatic carbocycles. The first-order valence-corrected chi connectivity index (χ1v) is 7.42. The van der Waals surface area contributed by atoms with Crippen molar-refractivity contribution in [1.29, 1.82) is 0 Å². The molecule has 94 valence electrons. The monoisotopic (exact) mass is 223 g/mol. The predicted molar refractivity (Wildman–Crippen MR) is 70.6 cm³/mol. The molecule has 1 atom stereocenters. The molecule has 0 aromatic rings. The highest BCUT2D eigenvalue weighted by Crippen LogP contribution is 2.61. The molecule has 0 bridgehead atoms. The first-order valence-electron chi connectivity index (χ1n) is 7.42. The zero-order valence-corrected chi connectivity index (χ0v) is 11.5. The normalized spacial score (nSPS) is 28.9. The third-order valence-electron chi connectivity index (χ3n) is 5.04. The summed E-state index contributed by atoms with van der Waals surface area (Å²) in [5.41, 5.74) is 0.819. The van der Waals surface area contributed by atoms with E-state index in [0.717, 1.165) is 17.4 Å². The average molecular weight is 223 g/mol. The van der Waals surface area contributed by atoms with Crippen LogP contribution in [0.15, 0.2) is 0 Å². The van der Waals surface area contributed by atoms with Gasteiger partial charge in [-0.2, -0.15) is 0 Å². The number of likely N-dealkylation sites (tertiary alicyclic amines) is 1. The van der Waals surface area contributed by atoms with E-state index >= 15 is 0 Å². The molecular weight excluding hydrogens is 194 g/mol. The zero-order valence-electron chi connectivity index (χ0n) is 11.5. The van der Waals surface area contributed by atoms with E-state index < -0.39 is 0 Å². The van der Waals surface area contributed by atoms with Gasteiger partial charge in [-0.1, -0.05) is 26.2 Å². The summed E-state index contributed by atoms with van der Waals surface area (Å²) in [6, 6.07) is 0.759. The molecular formula is C15H29N. The van der Waals surface area contributed by atoms with Crippen LogP contribution in [0.2, 0.25) is 0 Å². The lowest BCUT2D eigenvalue weighted by molar-refractivity contribution is 0.131. The van der Waals surface area contributed by atoms with Gasteiger partial charge in [0.05, 0.1) is 0 Å². The molecule has 16 heavy (non-hydrogen) atoms. The van der Waals surface area contributed by atoms with Crippen LogP contribution in [0.25, 0.3) is 0 Å². The number of rotatable bonds is 5. The molecule has 1 saturated carbocycles. The Balaban J connectivity index is 1.70. The second kappa shape index (κ2) is 5.08. The van der Waals surface area contributed by atoms with Crippen LogP contribution in [0, 0.1) is 11.3 Å². The van der Waals surface area contributed by atoms with E-state index in [1.165, 1.54) is 51.6 Å². The molecule has 2 fully saturated rings. The standard InChI is InChI=1S/C15H29N/c1-4-5-6-7-14-12-15(14)8-10-16(11-9-15)13(2)3/h13-14H,4-12H2,1-3H3. The first-order chi connectivity index (χ1) is 7.68. The van der Waals surface area contributed by atoms with Crippen LogP contribution >= 0.6 is 0 Å². The Bertz CT molecular complexity index is 213. The number of hydrogen-bond donors (Lipinski definition) is 0. The lowest BCUT2D eigenvalue weighted by Gasteiger charge is -2.35. The lowest BCUT2D eigenvalue weighted by atomic mass is 9.89. The Morgan fingerprint density at radius 3 is 2.44 bits per heavy atom. The maximum Gasteiger partial charge on any atom is 0.00385 e.